The lowest BCUT2D eigenvalue weighted by Gasteiger charge is -2.25. The summed E-state index contributed by atoms with van der Waals surface area (Å²) >= 11 is 1.64. The zero-order valence-electron chi connectivity index (χ0n) is 17.2. The van der Waals surface area contributed by atoms with Crippen LogP contribution in [-0.2, 0) is 11.2 Å². The number of benzene rings is 2. The van der Waals surface area contributed by atoms with Gasteiger partial charge in [-0.05, 0) is 50.0 Å². The van der Waals surface area contributed by atoms with Gasteiger partial charge in [-0.3, -0.25) is 9.59 Å². The summed E-state index contributed by atoms with van der Waals surface area (Å²) in [5.41, 5.74) is 3.13. The second-order valence-electron chi connectivity index (χ2n) is 7.03. The number of Topliss-reactive ketones (excluding diaryl/α,β-unsaturated/α-hetero) is 1. The smallest absolute Gasteiger partial charge is 0.220 e. The molecule has 0 aliphatic heterocycles. The molecule has 0 aliphatic rings. The first kappa shape index (κ1) is 22.2. The van der Waals surface area contributed by atoms with E-state index in [1.54, 1.807) is 11.8 Å². The Labute approximate surface area is 172 Å². The van der Waals surface area contributed by atoms with Gasteiger partial charge in [0.15, 0.2) is 5.78 Å². The molecular formula is C23H30N2O2S. The number of hydrogen-bond acceptors (Lipinski definition) is 4. The Hall–Kier alpha value is -2.11. The van der Waals surface area contributed by atoms with Crippen LogP contribution in [0.15, 0.2) is 53.4 Å². The number of carbonyl (C=O) groups is 2. The third-order valence-corrected chi connectivity index (χ3v) is 5.62. The van der Waals surface area contributed by atoms with E-state index >= 15 is 0 Å². The Balaban J connectivity index is 1.85. The molecule has 5 heteroatoms. The summed E-state index contributed by atoms with van der Waals surface area (Å²) in [5.74, 6) is -0.0896. The van der Waals surface area contributed by atoms with E-state index < -0.39 is 0 Å². The van der Waals surface area contributed by atoms with Crippen molar-refractivity contribution < 1.29 is 9.59 Å². The largest absolute Gasteiger partial charge is 0.354 e. The van der Waals surface area contributed by atoms with Crippen LogP contribution in [0.4, 0.5) is 0 Å². The van der Waals surface area contributed by atoms with Gasteiger partial charge in [-0.25, -0.2) is 0 Å². The first-order valence-electron chi connectivity index (χ1n) is 9.63. The van der Waals surface area contributed by atoms with Crippen molar-refractivity contribution >= 4 is 23.5 Å². The molecule has 2 aromatic carbocycles. The van der Waals surface area contributed by atoms with Crippen LogP contribution in [0.5, 0.6) is 0 Å². The van der Waals surface area contributed by atoms with Gasteiger partial charge >= 0.3 is 0 Å². The molecule has 2 rings (SSSR count). The average Bonchev–Trinajstić information content (AvgIpc) is 2.72. The maximum Gasteiger partial charge on any atom is 0.220 e. The van der Waals surface area contributed by atoms with Gasteiger partial charge in [0.25, 0.3) is 0 Å². The summed E-state index contributed by atoms with van der Waals surface area (Å²) in [5, 5.41) is 2.98. The van der Waals surface area contributed by atoms with Crippen LogP contribution in [0.25, 0.3) is 0 Å². The maximum atomic E-state index is 12.3. The molecule has 2 aromatic rings. The predicted molar refractivity (Wildman–Crippen MR) is 117 cm³/mol. The molecule has 0 heterocycles. The molecule has 0 bridgehead atoms. The minimum atomic E-state index is -0.0916. The van der Waals surface area contributed by atoms with E-state index in [1.165, 1.54) is 11.1 Å². The lowest BCUT2D eigenvalue weighted by atomic mass is 10.0. The topological polar surface area (TPSA) is 49.4 Å². The molecule has 4 nitrogen and oxygen atoms in total. The maximum absolute atomic E-state index is 12.3. The number of nitrogens with zero attached hydrogens (tertiary/aromatic N) is 1. The quantitative estimate of drug-likeness (QED) is 0.477. The Morgan fingerprint density at radius 3 is 2.18 bits per heavy atom. The minimum Gasteiger partial charge on any atom is -0.354 e. The van der Waals surface area contributed by atoms with Crippen LogP contribution < -0.4 is 5.32 Å². The first-order valence-corrected chi connectivity index (χ1v) is 10.9. The number of carbonyl (C=O) groups excluding carboxylic acids is 2. The van der Waals surface area contributed by atoms with Gasteiger partial charge in [-0.15, -0.1) is 11.8 Å². The van der Waals surface area contributed by atoms with E-state index in [2.05, 4.69) is 41.4 Å². The molecule has 0 saturated heterocycles. The fraction of sp³-hybridized carbons (Fsp3) is 0.391. The summed E-state index contributed by atoms with van der Waals surface area (Å²) in [7, 11) is 4.01. The molecule has 0 aliphatic carbocycles. The van der Waals surface area contributed by atoms with Gasteiger partial charge in [0, 0.05) is 29.8 Å². The normalized spacial score (nSPS) is 12.0. The van der Waals surface area contributed by atoms with Crippen LogP contribution >= 0.6 is 11.8 Å². The van der Waals surface area contributed by atoms with Crippen molar-refractivity contribution in [2.45, 2.75) is 37.1 Å². The Morgan fingerprint density at radius 1 is 1.00 bits per heavy atom. The summed E-state index contributed by atoms with van der Waals surface area (Å²) in [4.78, 5) is 27.8. The Morgan fingerprint density at radius 2 is 1.64 bits per heavy atom. The number of hydrogen-bond donors (Lipinski definition) is 1. The Kier molecular flexibility index (Phi) is 8.74. The van der Waals surface area contributed by atoms with Crippen LogP contribution in [0.1, 0.15) is 47.3 Å². The summed E-state index contributed by atoms with van der Waals surface area (Å²) in [6, 6.07) is 16.1. The van der Waals surface area contributed by atoms with E-state index in [9.17, 15) is 9.59 Å². The number of ketones is 1. The van der Waals surface area contributed by atoms with Crippen LogP contribution in [0.3, 0.4) is 0 Å². The van der Waals surface area contributed by atoms with Crippen molar-refractivity contribution in [3.05, 3.63) is 65.2 Å². The predicted octanol–water partition coefficient (Wildman–Crippen LogP) is 4.35. The van der Waals surface area contributed by atoms with Crippen LogP contribution in [0.2, 0.25) is 0 Å². The van der Waals surface area contributed by atoms with E-state index in [4.69, 9.17) is 0 Å². The molecule has 0 unspecified atom stereocenters. The SMILES string of the molecule is CCc1ccc([C@@H](CNC(=O)CCC(=O)c2ccc(SC)cc2)N(C)C)cc1. The van der Waals surface area contributed by atoms with E-state index in [-0.39, 0.29) is 30.6 Å². The fourth-order valence-corrected chi connectivity index (χ4v) is 3.43. The van der Waals surface area contributed by atoms with E-state index in [0.29, 0.717) is 12.1 Å². The molecule has 0 aromatic heterocycles. The van der Waals surface area contributed by atoms with E-state index in [0.717, 1.165) is 11.3 Å². The highest BCUT2D eigenvalue weighted by atomic mass is 32.2. The number of nitrogens with one attached hydrogen (secondary N) is 1. The number of likely N-dealkylation sites (N-methyl/N-ethyl adjacent to an activating group) is 1. The number of aryl methyl sites for hydroxylation is 1. The fourth-order valence-electron chi connectivity index (χ4n) is 3.02. The van der Waals surface area contributed by atoms with Gasteiger partial charge in [-0.1, -0.05) is 43.3 Å². The zero-order valence-corrected chi connectivity index (χ0v) is 18.0. The van der Waals surface area contributed by atoms with Gasteiger partial charge < -0.3 is 10.2 Å². The minimum absolute atomic E-state index is 0.00196. The van der Waals surface area contributed by atoms with Crippen molar-refractivity contribution in [1.82, 2.24) is 10.2 Å². The second kappa shape index (κ2) is 11.0. The molecule has 0 fully saturated rings. The molecular weight excluding hydrogens is 368 g/mol. The van der Waals surface area contributed by atoms with Crippen LogP contribution in [-0.4, -0.2) is 43.5 Å². The standard InChI is InChI=1S/C23H30N2O2S/c1-5-17-6-8-18(9-7-17)21(25(2)3)16-24-23(27)15-14-22(26)19-10-12-20(28-4)13-11-19/h6-13,21H,5,14-16H2,1-4H3,(H,24,27)/t21-/m1/s1. The molecule has 28 heavy (non-hydrogen) atoms. The lowest BCUT2D eigenvalue weighted by molar-refractivity contribution is -0.121. The highest BCUT2D eigenvalue weighted by Gasteiger charge is 2.16. The number of amides is 1. The van der Waals surface area contributed by atoms with Crippen LogP contribution in [0, 0.1) is 0 Å². The molecule has 0 radical (unpaired) electrons. The summed E-state index contributed by atoms with van der Waals surface area (Å²) in [6.45, 7) is 2.66. The van der Waals surface area contributed by atoms with Crippen molar-refractivity contribution in [2.75, 3.05) is 26.9 Å². The second-order valence-corrected chi connectivity index (χ2v) is 7.91. The monoisotopic (exact) mass is 398 g/mol. The molecule has 150 valence electrons. The number of thioether (sulfide) groups is 1. The summed E-state index contributed by atoms with van der Waals surface area (Å²) in [6.07, 6.45) is 3.44. The van der Waals surface area contributed by atoms with Crippen molar-refractivity contribution in [1.29, 1.82) is 0 Å². The molecule has 0 spiro atoms. The van der Waals surface area contributed by atoms with Crippen molar-refractivity contribution in [3.8, 4) is 0 Å². The first-order chi connectivity index (χ1) is 13.4. The average molecular weight is 399 g/mol. The van der Waals surface area contributed by atoms with Gasteiger partial charge in [0.1, 0.15) is 0 Å². The third kappa shape index (κ3) is 6.50. The molecule has 1 atom stereocenters. The highest BCUT2D eigenvalue weighted by Crippen LogP contribution is 2.19. The molecule has 1 N–H and O–H groups in total. The number of rotatable bonds is 10. The Bertz CT molecular complexity index is 770. The van der Waals surface area contributed by atoms with Gasteiger partial charge in [0.2, 0.25) is 5.91 Å². The van der Waals surface area contributed by atoms with Crippen molar-refractivity contribution in [2.24, 2.45) is 0 Å². The third-order valence-electron chi connectivity index (χ3n) is 4.88. The van der Waals surface area contributed by atoms with E-state index in [1.807, 2.05) is 44.6 Å². The molecule has 0 saturated carbocycles. The summed E-state index contributed by atoms with van der Waals surface area (Å²) < 4.78 is 0. The van der Waals surface area contributed by atoms with Gasteiger partial charge in [0.05, 0.1) is 6.04 Å². The lowest BCUT2D eigenvalue weighted by Crippen LogP contribution is -2.34. The highest BCUT2D eigenvalue weighted by molar-refractivity contribution is 7.98. The molecule has 1 amide bonds. The van der Waals surface area contributed by atoms with Gasteiger partial charge in [-0.2, -0.15) is 0 Å². The van der Waals surface area contributed by atoms with Crippen molar-refractivity contribution in [3.63, 3.8) is 0 Å². The zero-order chi connectivity index (χ0) is 20.5.